The molecule has 0 spiro atoms. The largest absolute Gasteiger partial charge is 0.356 e. The summed E-state index contributed by atoms with van der Waals surface area (Å²) >= 11 is 5.92. The highest BCUT2D eigenvalue weighted by Crippen LogP contribution is 2.19. The third-order valence-electron chi connectivity index (χ3n) is 4.44. The van der Waals surface area contributed by atoms with Gasteiger partial charge in [-0.05, 0) is 31.4 Å². The molecule has 1 saturated heterocycles. The molecule has 1 aliphatic heterocycles. The summed E-state index contributed by atoms with van der Waals surface area (Å²) in [5.74, 6) is -0.880. The van der Waals surface area contributed by atoms with Crippen molar-refractivity contribution in [2.75, 3.05) is 19.6 Å². The number of amides is 2. The molecule has 0 unspecified atom stereocenters. The van der Waals surface area contributed by atoms with Gasteiger partial charge in [0.05, 0.1) is 12.6 Å². The van der Waals surface area contributed by atoms with Crippen molar-refractivity contribution in [3.05, 3.63) is 46.5 Å². The second-order valence-corrected chi connectivity index (χ2v) is 6.85. The van der Waals surface area contributed by atoms with E-state index in [1.807, 2.05) is 0 Å². The number of nitrogens with one attached hydrogen (secondary N) is 1. The molecule has 1 N–H and O–H groups in total. The molecule has 144 valence electrons. The Bertz CT molecular complexity index is 800. The van der Waals surface area contributed by atoms with Crippen LogP contribution in [0.2, 0.25) is 5.02 Å². The van der Waals surface area contributed by atoms with Crippen molar-refractivity contribution in [2.24, 2.45) is 0 Å². The van der Waals surface area contributed by atoms with Crippen LogP contribution in [-0.4, -0.2) is 51.3 Å². The monoisotopic (exact) mass is 393 g/mol. The Morgan fingerprint density at radius 1 is 1.26 bits per heavy atom. The van der Waals surface area contributed by atoms with Gasteiger partial charge in [0, 0.05) is 36.8 Å². The van der Waals surface area contributed by atoms with Crippen LogP contribution in [0.3, 0.4) is 0 Å². The highest BCUT2D eigenvalue weighted by Gasteiger charge is 2.21. The van der Waals surface area contributed by atoms with E-state index in [2.05, 4.69) is 15.6 Å². The highest BCUT2D eigenvalue weighted by atomic mass is 35.5. The molecular weight excluding hydrogens is 373 g/mol. The topological polar surface area (TPSA) is 80.1 Å². The number of rotatable bonds is 7. The molecular formula is C18H21ClFN5O2. The van der Waals surface area contributed by atoms with E-state index in [1.54, 1.807) is 21.8 Å². The Morgan fingerprint density at radius 2 is 2.04 bits per heavy atom. The van der Waals surface area contributed by atoms with Crippen LogP contribution in [0.1, 0.15) is 35.3 Å². The maximum Gasteiger partial charge on any atom is 0.276 e. The first-order chi connectivity index (χ1) is 13.0. The summed E-state index contributed by atoms with van der Waals surface area (Å²) in [6.07, 6.45) is 4.18. The Hall–Kier alpha value is -2.48. The van der Waals surface area contributed by atoms with Crippen LogP contribution in [0.15, 0.2) is 24.4 Å². The Kier molecular flexibility index (Phi) is 6.39. The lowest BCUT2D eigenvalue weighted by Crippen LogP contribution is -2.28. The van der Waals surface area contributed by atoms with Gasteiger partial charge >= 0.3 is 0 Å². The molecule has 3 rings (SSSR count). The summed E-state index contributed by atoms with van der Waals surface area (Å²) in [5, 5.41) is 10.9. The number of halogens is 2. The number of aromatic nitrogens is 3. The third-order valence-corrected chi connectivity index (χ3v) is 4.79. The molecule has 1 fully saturated rings. The molecule has 2 aromatic rings. The lowest BCUT2D eigenvalue weighted by Gasteiger charge is -2.12. The van der Waals surface area contributed by atoms with E-state index in [1.165, 1.54) is 12.1 Å². The molecule has 27 heavy (non-hydrogen) atoms. The molecule has 2 amide bonds. The smallest absolute Gasteiger partial charge is 0.276 e. The number of hydrogen-bond acceptors (Lipinski definition) is 4. The molecule has 1 aliphatic rings. The van der Waals surface area contributed by atoms with E-state index in [9.17, 15) is 14.0 Å². The summed E-state index contributed by atoms with van der Waals surface area (Å²) in [6.45, 7) is 2.45. The second-order valence-electron chi connectivity index (χ2n) is 6.45. The molecule has 0 atom stereocenters. The first-order valence-electron chi connectivity index (χ1n) is 8.93. The summed E-state index contributed by atoms with van der Waals surface area (Å²) in [6, 6.07) is 4.33. The second kappa shape index (κ2) is 8.94. The average Bonchev–Trinajstić information content (AvgIpc) is 3.33. The van der Waals surface area contributed by atoms with E-state index in [4.69, 9.17) is 11.6 Å². The van der Waals surface area contributed by atoms with Crippen LogP contribution in [0, 0.1) is 5.82 Å². The van der Waals surface area contributed by atoms with Crippen molar-refractivity contribution in [1.82, 2.24) is 25.2 Å². The SMILES string of the molecule is O=C(Cc1c(F)cccc1Cl)NCCCn1cc(C(=O)N2CCCC2)nn1. The number of hydrogen-bond donors (Lipinski definition) is 1. The Labute approximate surface area is 161 Å². The van der Waals surface area contributed by atoms with Gasteiger partial charge in [-0.25, -0.2) is 4.39 Å². The first-order valence-corrected chi connectivity index (χ1v) is 9.31. The van der Waals surface area contributed by atoms with Crippen LogP contribution >= 0.6 is 11.6 Å². The summed E-state index contributed by atoms with van der Waals surface area (Å²) < 4.78 is 15.3. The van der Waals surface area contributed by atoms with Crippen molar-refractivity contribution in [2.45, 2.75) is 32.2 Å². The number of benzene rings is 1. The number of likely N-dealkylation sites (tertiary alicyclic amines) is 1. The number of aryl methyl sites for hydroxylation is 1. The lowest BCUT2D eigenvalue weighted by molar-refractivity contribution is -0.120. The Morgan fingerprint density at radius 3 is 2.78 bits per heavy atom. The number of carbonyl (C=O) groups is 2. The fourth-order valence-electron chi connectivity index (χ4n) is 2.98. The molecule has 1 aromatic heterocycles. The van der Waals surface area contributed by atoms with E-state index in [0.29, 0.717) is 25.2 Å². The fraction of sp³-hybridized carbons (Fsp3) is 0.444. The molecule has 0 radical (unpaired) electrons. The normalized spacial score (nSPS) is 13.8. The lowest BCUT2D eigenvalue weighted by atomic mass is 10.1. The zero-order valence-electron chi connectivity index (χ0n) is 14.8. The zero-order chi connectivity index (χ0) is 19.2. The molecule has 0 saturated carbocycles. The van der Waals surface area contributed by atoms with E-state index >= 15 is 0 Å². The minimum atomic E-state index is -0.490. The van der Waals surface area contributed by atoms with Gasteiger partial charge in [-0.2, -0.15) is 0 Å². The summed E-state index contributed by atoms with van der Waals surface area (Å²) in [4.78, 5) is 25.9. The van der Waals surface area contributed by atoms with Crippen LogP contribution in [0.4, 0.5) is 4.39 Å². The predicted molar refractivity (Wildman–Crippen MR) is 97.9 cm³/mol. The third kappa shape index (κ3) is 5.03. The molecule has 0 bridgehead atoms. The van der Waals surface area contributed by atoms with Crippen molar-refractivity contribution in [3.8, 4) is 0 Å². The van der Waals surface area contributed by atoms with Gasteiger partial charge in [0.25, 0.3) is 5.91 Å². The van der Waals surface area contributed by atoms with Gasteiger partial charge in [0.15, 0.2) is 5.69 Å². The quantitative estimate of drug-likeness (QED) is 0.730. The zero-order valence-corrected chi connectivity index (χ0v) is 15.6. The van der Waals surface area contributed by atoms with Crippen LogP contribution in [0.5, 0.6) is 0 Å². The van der Waals surface area contributed by atoms with Crippen LogP contribution in [-0.2, 0) is 17.8 Å². The summed E-state index contributed by atoms with van der Waals surface area (Å²) in [5.41, 5.74) is 0.535. The maximum absolute atomic E-state index is 13.7. The average molecular weight is 394 g/mol. The van der Waals surface area contributed by atoms with Crippen molar-refractivity contribution < 1.29 is 14.0 Å². The molecule has 0 aliphatic carbocycles. The molecule has 2 heterocycles. The van der Waals surface area contributed by atoms with E-state index in [-0.39, 0.29) is 28.8 Å². The van der Waals surface area contributed by atoms with Crippen molar-refractivity contribution in [3.63, 3.8) is 0 Å². The van der Waals surface area contributed by atoms with E-state index < -0.39 is 5.82 Å². The van der Waals surface area contributed by atoms with Crippen molar-refractivity contribution in [1.29, 1.82) is 0 Å². The maximum atomic E-state index is 13.7. The fourth-order valence-corrected chi connectivity index (χ4v) is 3.21. The van der Waals surface area contributed by atoms with Gasteiger partial charge < -0.3 is 10.2 Å². The minimum Gasteiger partial charge on any atom is -0.356 e. The molecule has 9 heteroatoms. The number of nitrogens with zero attached hydrogens (tertiary/aromatic N) is 4. The molecule has 1 aromatic carbocycles. The van der Waals surface area contributed by atoms with Gasteiger partial charge in [-0.1, -0.05) is 22.9 Å². The van der Waals surface area contributed by atoms with Gasteiger partial charge in [-0.3, -0.25) is 14.3 Å². The van der Waals surface area contributed by atoms with Gasteiger partial charge in [0.1, 0.15) is 5.82 Å². The Balaban J connectivity index is 1.41. The highest BCUT2D eigenvalue weighted by molar-refractivity contribution is 6.31. The van der Waals surface area contributed by atoms with E-state index in [0.717, 1.165) is 25.9 Å². The minimum absolute atomic E-state index is 0.0891. The first kappa shape index (κ1) is 19.3. The van der Waals surface area contributed by atoms with Crippen LogP contribution < -0.4 is 5.32 Å². The van der Waals surface area contributed by atoms with Crippen LogP contribution in [0.25, 0.3) is 0 Å². The van der Waals surface area contributed by atoms with Gasteiger partial charge in [0.2, 0.25) is 5.91 Å². The summed E-state index contributed by atoms with van der Waals surface area (Å²) in [7, 11) is 0. The predicted octanol–water partition coefficient (Wildman–Crippen LogP) is 2.06. The number of carbonyl (C=O) groups excluding carboxylic acids is 2. The van der Waals surface area contributed by atoms with Crippen molar-refractivity contribution >= 4 is 23.4 Å². The van der Waals surface area contributed by atoms with Gasteiger partial charge in [-0.15, -0.1) is 5.10 Å². The molecule has 7 nitrogen and oxygen atoms in total. The standard InChI is InChI=1S/C18H21ClFN5O2/c19-14-5-3-6-15(20)13(14)11-17(26)21-7-4-10-25-12-16(22-23-25)18(27)24-8-1-2-9-24/h3,5-6,12H,1-2,4,7-11H2,(H,21,26).